The summed E-state index contributed by atoms with van der Waals surface area (Å²) in [5, 5.41) is 3.49. The number of amides is 3. The molecule has 1 aliphatic heterocycles. The number of hydrogen-bond donors (Lipinski definition) is 1. The average Bonchev–Trinajstić information content (AvgIpc) is 3.26. The number of carbonyl (C=O) groups excluding carboxylic acids is 4. The van der Waals surface area contributed by atoms with Crippen molar-refractivity contribution in [3.63, 3.8) is 0 Å². The molecule has 1 aromatic carbocycles. The van der Waals surface area contributed by atoms with Gasteiger partial charge in [0.2, 0.25) is 0 Å². The molecule has 0 spiro atoms. The van der Waals surface area contributed by atoms with Crippen LogP contribution in [0.4, 0.5) is 4.79 Å². The predicted octanol–water partition coefficient (Wildman–Crippen LogP) is 2.97. The minimum Gasteiger partial charge on any atom is -0.444 e. The monoisotopic (exact) mass is 400 g/mol. The van der Waals surface area contributed by atoms with Gasteiger partial charge in [-0.2, -0.15) is 0 Å². The van der Waals surface area contributed by atoms with Gasteiger partial charge in [-0.25, -0.2) is 9.59 Å². The summed E-state index contributed by atoms with van der Waals surface area (Å²) < 4.78 is 5.35. The van der Waals surface area contributed by atoms with Crippen LogP contribution >= 0.6 is 0 Å². The molecule has 1 heterocycles. The third-order valence-electron chi connectivity index (χ3n) is 5.97. The molecule has 2 fully saturated rings. The number of fused-ring (bicyclic) bond motifs is 3. The molecule has 8 heteroatoms. The molecule has 3 aliphatic rings. The zero-order chi connectivity index (χ0) is 21.0. The second-order valence-electron chi connectivity index (χ2n) is 9.19. The number of ether oxygens (including phenoxy) is 1. The maximum absolute atomic E-state index is 13.0. The Morgan fingerprint density at radius 1 is 1.00 bits per heavy atom. The Kier molecular flexibility index (Phi) is 4.22. The number of benzene rings is 1. The Morgan fingerprint density at radius 3 is 2.07 bits per heavy atom. The van der Waals surface area contributed by atoms with Crippen LogP contribution in [0.2, 0.25) is 0 Å². The standard InChI is InChI=1S/C21H24N2O6/c1-19(2,3)28-18(27)22-21-10-8-20(12-21,9-11-21)17(26)29-23-15(24)13-6-4-5-7-14(13)16(23)25/h4-7H,8-12H2,1-3H3,(H,22,27). The summed E-state index contributed by atoms with van der Waals surface area (Å²) in [4.78, 5) is 55.4. The Bertz CT molecular complexity index is 873. The summed E-state index contributed by atoms with van der Waals surface area (Å²) >= 11 is 0. The van der Waals surface area contributed by atoms with Crippen LogP contribution in [0.25, 0.3) is 0 Å². The fourth-order valence-electron chi connectivity index (χ4n) is 4.60. The van der Waals surface area contributed by atoms with Gasteiger partial charge in [0.1, 0.15) is 5.60 Å². The molecule has 0 aromatic heterocycles. The first-order valence-corrected chi connectivity index (χ1v) is 9.76. The van der Waals surface area contributed by atoms with E-state index >= 15 is 0 Å². The van der Waals surface area contributed by atoms with Crippen molar-refractivity contribution in [3.8, 4) is 0 Å². The zero-order valence-electron chi connectivity index (χ0n) is 16.7. The molecule has 8 nitrogen and oxygen atoms in total. The van der Waals surface area contributed by atoms with Crippen LogP contribution in [-0.2, 0) is 14.4 Å². The van der Waals surface area contributed by atoms with Gasteiger partial charge < -0.3 is 14.9 Å². The average molecular weight is 400 g/mol. The lowest BCUT2D eigenvalue weighted by atomic mass is 9.84. The largest absolute Gasteiger partial charge is 0.444 e. The number of nitrogens with one attached hydrogen (secondary N) is 1. The van der Waals surface area contributed by atoms with Crippen molar-refractivity contribution in [2.75, 3.05) is 0 Å². The highest BCUT2D eigenvalue weighted by atomic mass is 16.7. The highest BCUT2D eigenvalue weighted by Gasteiger charge is 2.60. The third-order valence-corrected chi connectivity index (χ3v) is 5.97. The molecule has 0 atom stereocenters. The van der Waals surface area contributed by atoms with E-state index in [0.29, 0.717) is 37.2 Å². The Labute approximate surface area is 168 Å². The summed E-state index contributed by atoms with van der Waals surface area (Å²) in [5.74, 6) is -1.87. The molecular weight excluding hydrogens is 376 g/mol. The molecule has 0 saturated heterocycles. The van der Waals surface area contributed by atoms with Crippen molar-refractivity contribution in [1.82, 2.24) is 10.4 Å². The number of carbonyl (C=O) groups is 4. The molecule has 29 heavy (non-hydrogen) atoms. The van der Waals surface area contributed by atoms with Crippen LogP contribution in [0.1, 0.15) is 73.6 Å². The maximum Gasteiger partial charge on any atom is 0.408 e. The van der Waals surface area contributed by atoms with E-state index < -0.39 is 40.4 Å². The summed E-state index contributed by atoms with van der Waals surface area (Å²) in [6.07, 6.45) is 2.16. The highest BCUT2D eigenvalue weighted by molar-refractivity contribution is 6.20. The molecule has 2 aliphatic carbocycles. The molecule has 2 saturated carbocycles. The number of imide groups is 1. The Balaban J connectivity index is 1.44. The third kappa shape index (κ3) is 3.26. The Morgan fingerprint density at radius 2 is 1.55 bits per heavy atom. The molecule has 0 unspecified atom stereocenters. The van der Waals surface area contributed by atoms with E-state index in [2.05, 4.69) is 5.32 Å². The second kappa shape index (κ2) is 6.30. The minimum absolute atomic E-state index is 0.224. The van der Waals surface area contributed by atoms with Gasteiger partial charge in [0.25, 0.3) is 11.8 Å². The van der Waals surface area contributed by atoms with Crippen LogP contribution in [0.3, 0.4) is 0 Å². The molecule has 4 rings (SSSR count). The van der Waals surface area contributed by atoms with Crippen molar-refractivity contribution in [1.29, 1.82) is 0 Å². The van der Waals surface area contributed by atoms with Gasteiger partial charge in [-0.15, -0.1) is 0 Å². The van der Waals surface area contributed by atoms with Gasteiger partial charge >= 0.3 is 12.1 Å². The molecule has 2 bridgehead atoms. The maximum atomic E-state index is 13.0. The van der Waals surface area contributed by atoms with Gasteiger partial charge in [-0.05, 0) is 65.0 Å². The van der Waals surface area contributed by atoms with Crippen LogP contribution in [0, 0.1) is 5.41 Å². The molecule has 3 amide bonds. The van der Waals surface area contributed by atoms with Crippen molar-refractivity contribution >= 4 is 23.9 Å². The zero-order valence-corrected chi connectivity index (χ0v) is 16.7. The minimum atomic E-state index is -0.815. The fourth-order valence-corrected chi connectivity index (χ4v) is 4.60. The number of hydrogen-bond acceptors (Lipinski definition) is 6. The predicted molar refractivity (Wildman–Crippen MR) is 101 cm³/mol. The summed E-state index contributed by atoms with van der Waals surface area (Å²) in [6.45, 7) is 5.37. The van der Waals surface area contributed by atoms with E-state index in [9.17, 15) is 19.2 Å². The second-order valence-corrected chi connectivity index (χ2v) is 9.19. The number of rotatable bonds is 3. The molecule has 154 valence electrons. The number of alkyl carbamates (subject to hydrolysis) is 1. The lowest BCUT2D eigenvalue weighted by Crippen LogP contribution is -2.47. The molecular formula is C21H24N2O6. The lowest BCUT2D eigenvalue weighted by Gasteiger charge is -2.29. The fraction of sp³-hybridized carbons (Fsp3) is 0.524. The summed E-state index contributed by atoms with van der Waals surface area (Å²) in [6, 6.07) is 6.36. The van der Waals surface area contributed by atoms with Gasteiger partial charge in [-0.3, -0.25) is 9.59 Å². The van der Waals surface area contributed by atoms with Crippen molar-refractivity contribution < 1.29 is 28.8 Å². The van der Waals surface area contributed by atoms with E-state index in [1.807, 2.05) is 0 Å². The number of nitrogens with zero attached hydrogens (tertiary/aromatic N) is 1. The Hall–Kier alpha value is -2.90. The quantitative estimate of drug-likeness (QED) is 0.783. The molecule has 1 aromatic rings. The van der Waals surface area contributed by atoms with Gasteiger partial charge in [0.05, 0.1) is 16.5 Å². The van der Waals surface area contributed by atoms with E-state index in [1.165, 1.54) is 12.1 Å². The van der Waals surface area contributed by atoms with Crippen molar-refractivity contribution in [3.05, 3.63) is 35.4 Å². The van der Waals surface area contributed by atoms with Gasteiger partial charge in [0.15, 0.2) is 0 Å². The van der Waals surface area contributed by atoms with E-state index in [-0.39, 0.29) is 11.1 Å². The van der Waals surface area contributed by atoms with Crippen molar-refractivity contribution in [2.45, 2.75) is 64.0 Å². The lowest BCUT2D eigenvalue weighted by molar-refractivity contribution is -0.180. The van der Waals surface area contributed by atoms with Crippen molar-refractivity contribution in [2.24, 2.45) is 5.41 Å². The highest BCUT2D eigenvalue weighted by Crippen LogP contribution is 2.57. The number of hydroxylamine groups is 2. The van der Waals surface area contributed by atoms with Crippen LogP contribution in [0.15, 0.2) is 24.3 Å². The van der Waals surface area contributed by atoms with Crippen LogP contribution in [-0.4, -0.2) is 40.1 Å². The summed E-state index contributed by atoms with van der Waals surface area (Å²) in [5.41, 5.74) is -1.50. The SMILES string of the molecule is CC(C)(C)OC(=O)NC12CCC(C(=O)ON3C(=O)c4ccccc4C3=O)(CC1)C2. The van der Waals surface area contributed by atoms with Gasteiger partial charge in [0, 0.05) is 5.54 Å². The van der Waals surface area contributed by atoms with E-state index in [1.54, 1.807) is 32.9 Å². The van der Waals surface area contributed by atoms with Gasteiger partial charge in [-0.1, -0.05) is 17.2 Å². The molecule has 0 radical (unpaired) electrons. The first kappa shape index (κ1) is 19.4. The van der Waals surface area contributed by atoms with Crippen LogP contribution < -0.4 is 5.32 Å². The van der Waals surface area contributed by atoms with E-state index in [4.69, 9.17) is 9.57 Å². The first-order valence-electron chi connectivity index (χ1n) is 9.76. The van der Waals surface area contributed by atoms with E-state index in [0.717, 1.165) is 0 Å². The topological polar surface area (TPSA) is 102 Å². The first-order chi connectivity index (χ1) is 13.5. The normalized spacial score (nSPS) is 27.8. The summed E-state index contributed by atoms with van der Waals surface area (Å²) in [7, 11) is 0. The smallest absolute Gasteiger partial charge is 0.408 e. The van der Waals surface area contributed by atoms with Crippen LogP contribution in [0.5, 0.6) is 0 Å². The molecule has 1 N–H and O–H groups in total.